The molecule has 0 aromatic carbocycles. The molecule has 2 rings (SSSR count). The Morgan fingerprint density at radius 1 is 1.33 bits per heavy atom. The highest BCUT2D eigenvalue weighted by molar-refractivity contribution is 6.05. The van der Waals surface area contributed by atoms with Crippen molar-refractivity contribution in [3.8, 4) is 0 Å². The van der Waals surface area contributed by atoms with Gasteiger partial charge in [-0.25, -0.2) is 9.97 Å². The van der Waals surface area contributed by atoms with E-state index in [9.17, 15) is 4.79 Å². The Morgan fingerprint density at radius 3 is 2.62 bits per heavy atom. The maximum absolute atomic E-state index is 12.1. The molecule has 0 spiro atoms. The van der Waals surface area contributed by atoms with E-state index in [2.05, 4.69) is 41.2 Å². The summed E-state index contributed by atoms with van der Waals surface area (Å²) in [5.74, 6) is 0.308. The molecule has 0 bridgehead atoms. The summed E-state index contributed by atoms with van der Waals surface area (Å²) in [4.78, 5) is 19.9. The Balaban J connectivity index is 2.17. The summed E-state index contributed by atoms with van der Waals surface area (Å²) >= 11 is 0. The van der Waals surface area contributed by atoms with Gasteiger partial charge >= 0.3 is 0 Å². The lowest BCUT2D eigenvalue weighted by Crippen LogP contribution is -2.18. The molecule has 112 valence electrons. The van der Waals surface area contributed by atoms with Gasteiger partial charge in [-0.15, -0.1) is 0 Å². The van der Waals surface area contributed by atoms with Gasteiger partial charge < -0.3 is 11.1 Å². The van der Waals surface area contributed by atoms with Crippen LogP contribution in [0.5, 0.6) is 0 Å². The van der Waals surface area contributed by atoms with Crippen molar-refractivity contribution in [2.24, 2.45) is 12.5 Å². The van der Waals surface area contributed by atoms with E-state index in [1.165, 1.54) is 12.4 Å². The van der Waals surface area contributed by atoms with Crippen molar-refractivity contribution in [2.75, 3.05) is 11.1 Å². The summed E-state index contributed by atoms with van der Waals surface area (Å²) in [6.07, 6.45) is 3.70. The van der Waals surface area contributed by atoms with Crippen LogP contribution in [0.15, 0.2) is 18.5 Å². The zero-order valence-corrected chi connectivity index (χ0v) is 12.7. The minimum atomic E-state index is -0.397. The van der Waals surface area contributed by atoms with Crippen molar-refractivity contribution in [2.45, 2.75) is 27.2 Å². The Kier molecular flexibility index (Phi) is 3.93. The maximum Gasteiger partial charge on any atom is 0.279 e. The van der Waals surface area contributed by atoms with Gasteiger partial charge in [-0.05, 0) is 11.8 Å². The number of carbonyl (C=O) groups is 1. The second kappa shape index (κ2) is 5.51. The zero-order valence-electron chi connectivity index (χ0n) is 12.7. The molecule has 2 aromatic rings. The number of nitrogen functional groups attached to an aromatic ring is 1. The number of carbonyl (C=O) groups excluding carboxylic acids is 1. The van der Waals surface area contributed by atoms with E-state index in [0.717, 1.165) is 12.1 Å². The topological polar surface area (TPSA) is 98.7 Å². The highest BCUT2D eigenvalue weighted by atomic mass is 16.2. The average molecular weight is 288 g/mol. The number of hydrogen-bond acceptors (Lipinski definition) is 5. The second-order valence-corrected chi connectivity index (χ2v) is 6.13. The van der Waals surface area contributed by atoms with Crippen molar-refractivity contribution < 1.29 is 4.79 Å². The summed E-state index contributed by atoms with van der Waals surface area (Å²) < 4.78 is 1.63. The molecule has 0 aliphatic carbocycles. The van der Waals surface area contributed by atoms with Gasteiger partial charge in [0.05, 0.1) is 5.69 Å². The van der Waals surface area contributed by atoms with Crippen LogP contribution in [0.3, 0.4) is 0 Å². The standard InChI is InChI=1S/C14H20N6O/c1-14(2,3)8-9-7-10(20(4)19-9)18-13(21)11-12(15)17-6-5-16-11/h5-7H,8H2,1-4H3,(H2,15,17)(H,18,21). The minimum absolute atomic E-state index is 0.104. The van der Waals surface area contributed by atoms with Gasteiger partial charge in [-0.2, -0.15) is 5.10 Å². The van der Waals surface area contributed by atoms with Gasteiger partial charge in [0.2, 0.25) is 0 Å². The molecule has 0 unspecified atom stereocenters. The summed E-state index contributed by atoms with van der Waals surface area (Å²) in [6.45, 7) is 6.42. The molecular formula is C14H20N6O. The molecule has 21 heavy (non-hydrogen) atoms. The van der Waals surface area contributed by atoms with Crippen molar-refractivity contribution in [1.29, 1.82) is 0 Å². The highest BCUT2D eigenvalue weighted by Crippen LogP contribution is 2.21. The molecule has 2 heterocycles. The molecule has 7 nitrogen and oxygen atoms in total. The second-order valence-electron chi connectivity index (χ2n) is 6.13. The zero-order chi connectivity index (χ0) is 15.6. The number of aryl methyl sites for hydroxylation is 1. The summed E-state index contributed by atoms with van der Waals surface area (Å²) in [7, 11) is 1.78. The van der Waals surface area contributed by atoms with Gasteiger partial charge in [0.15, 0.2) is 11.5 Å². The lowest BCUT2D eigenvalue weighted by Gasteiger charge is -2.15. The molecule has 3 N–H and O–H groups in total. The van der Waals surface area contributed by atoms with Crippen molar-refractivity contribution in [3.05, 3.63) is 29.8 Å². The Hall–Kier alpha value is -2.44. The first-order chi connectivity index (χ1) is 9.76. The van der Waals surface area contributed by atoms with Crippen LogP contribution >= 0.6 is 0 Å². The predicted molar refractivity (Wildman–Crippen MR) is 80.8 cm³/mol. The van der Waals surface area contributed by atoms with Crippen molar-refractivity contribution in [1.82, 2.24) is 19.7 Å². The van der Waals surface area contributed by atoms with Crippen LogP contribution in [-0.2, 0) is 13.5 Å². The Labute approximate surface area is 123 Å². The number of aromatic nitrogens is 4. The summed E-state index contributed by atoms with van der Waals surface area (Å²) in [5.41, 5.74) is 6.81. The molecule has 1 amide bonds. The van der Waals surface area contributed by atoms with Gasteiger partial charge in [0.1, 0.15) is 5.82 Å². The van der Waals surface area contributed by atoms with Crippen LogP contribution in [0.25, 0.3) is 0 Å². The quantitative estimate of drug-likeness (QED) is 0.894. The molecule has 7 heteroatoms. The van der Waals surface area contributed by atoms with E-state index in [1.54, 1.807) is 11.7 Å². The number of nitrogens with zero attached hydrogens (tertiary/aromatic N) is 4. The lowest BCUT2D eigenvalue weighted by molar-refractivity contribution is 0.102. The van der Waals surface area contributed by atoms with Crippen LogP contribution in [-0.4, -0.2) is 25.7 Å². The van der Waals surface area contributed by atoms with Crippen LogP contribution in [0, 0.1) is 5.41 Å². The monoisotopic (exact) mass is 288 g/mol. The predicted octanol–water partition coefficient (Wildman–Crippen LogP) is 1.63. The third-order valence-electron chi connectivity index (χ3n) is 2.83. The van der Waals surface area contributed by atoms with Crippen molar-refractivity contribution >= 4 is 17.5 Å². The fraction of sp³-hybridized carbons (Fsp3) is 0.429. The molecular weight excluding hydrogens is 268 g/mol. The van der Waals surface area contributed by atoms with E-state index in [0.29, 0.717) is 5.82 Å². The molecule has 0 atom stereocenters. The first-order valence-electron chi connectivity index (χ1n) is 6.67. The third kappa shape index (κ3) is 3.77. The average Bonchev–Trinajstić information content (AvgIpc) is 2.67. The fourth-order valence-corrected chi connectivity index (χ4v) is 1.97. The molecule has 0 aliphatic heterocycles. The van der Waals surface area contributed by atoms with Crippen LogP contribution in [0.1, 0.15) is 37.0 Å². The first-order valence-corrected chi connectivity index (χ1v) is 6.67. The largest absolute Gasteiger partial charge is 0.382 e. The Morgan fingerprint density at radius 2 is 2.00 bits per heavy atom. The van der Waals surface area contributed by atoms with E-state index in [-0.39, 0.29) is 16.9 Å². The number of anilines is 2. The van der Waals surface area contributed by atoms with Crippen LogP contribution in [0.2, 0.25) is 0 Å². The minimum Gasteiger partial charge on any atom is -0.382 e. The molecule has 0 aliphatic rings. The molecule has 0 fully saturated rings. The van der Waals surface area contributed by atoms with E-state index >= 15 is 0 Å². The van der Waals surface area contributed by atoms with Gasteiger partial charge in [0.25, 0.3) is 5.91 Å². The number of rotatable bonds is 3. The molecule has 0 saturated carbocycles. The number of nitrogens with two attached hydrogens (primary N) is 1. The summed E-state index contributed by atoms with van der Waals surface area (Å²) in [6, 6.07) is 1.86. The number of hydrogen-bond donors (Lipinski definition) is 2. The number of nitrogens with one attached hydrogen (secondary N) is 1. The van der Waals surface area contributed by atoms with E-state index in [1.807, 2.05) is 6.07 Å². The highest BCUT2D eigenvalue weighted by Gasteiger charge is 2.17. The first kappa shape index (κ1) is 15.0. The molecule has 0 saturated heterocycles. The molecule has 0 radical (unpaired) electrons. The van der Waals surface area contributed by atoms with Crippen LogP contribution in [0.4, 0.5) is 11.6 Å². The number of amides is 1. The van der Waals surface area contributed by atoms with Gasteiger partial charge in [-0.3, -0.25) is 9.48 Å². The smallest absolute Gasteiger partial charge is 0.279 e. The molecule has 2 aromatic heterocycles. The van der Waals surface area contributed by atoms with Crippen LogP contribution < -0.4 is 11.1 Å². The fourth-order valence-electron chi connectivity index (χ4n) is 1.97. The van der Waals surface area contributed by atoms with E-state index in [4.69, 9.17) is 5.73 Å². The summed E-state index contributed by atoms with van der Waals surface area (Å²) in [5, 5.41) is 7.15. The van der Waals surface area contributed by atoms with Gasteiger partial charge in [-0.1, -0.05) is 20.8 Å². The SMILES string of the molecule is Cn1nc(CC(C)(C)C)cc1NC(=O)c1nccnc1N. The normalized spacial score (nSPS) is 11.4. The lowest BCUT2D eigenvalue weighted by atomic mass is 9.91. The van der Waals surface area contributed by atoms with Crippen molar-refractivity contribution in [3.63, 3.8) is 0 Å². The maximum atomic E-state index is 12.1. The van der Waals surface area contributed by atoms with E-state index < -0.39 is 5.91 Å². The van der Waals surface area contributed by atoms with Gasteiger partial charge in [0, 0.05) is 25.5 Å². The third-order valence-corrected chi connectivity index (χ3v) is 2.83. The Bertz CT molecular complexity index is 656.